The van der Waals surface area contributed by atoms with Crippen molar-refractivity contribution in [2.45, 2.75) is 59.8 Å². The van der Waals surface area contributed by atoms with Gasteiger partial charge in [0.1, 0.15) is 5.82 Å². The smallest absolute Gasteiger partial charge is 0.142 e. The van der Waals surface area contributed by atoms with Crippen LogP contribution >= 0.6 is 11.6 Å². The molecular formula is C15H24ClF. The minimum absolute atomic E-state index is 0. The van der Waals surface area contributed by atoms with Crippen molar-refractivity contribution in [1.29, 1.82) is 0 Å². The fraction of sp³-hybridized carbons (Fsp3) is 0.600. The zero-order valence-electron chi connectivity index (χ0n) is 10.9. The van der Waals surface area contributed by atoms with E-state index in [1.165, 1.54) is 0 Å². The minimum Gasteiger partial charge on any atom is -0.205 e. The normalized spacial score (nSPS) is 12.2. The second kappa shape index (κ2) is 4.97. The summed E-state index contributed by atoms with van der Waals surface area (Å²) >= 11 is 5.87. The Morgan fingerprint density at radius 3 is 1.59 bits per heavy atom. The maximum atomic E-state index is 13.5. The Morgan fingerprint density at radius 2 is 1.24 bits per heavy atom. The molecule has 1 aromatic carbocycles. The minimum atomic E-state index is -0.334. The van der Waals surface area contributed by atoms with Crippen molar-refractivity contribution in [1.82, 2.24) is 0 Å². The predicted molar refractivity (Wildman–Crippen MR) is 75.5 cm³/mol. The van der Waals surface area contributed by atoms with Crippen LogP contribution in [0.15, 0.2) is 12.1 Å². The molecule has 0 nitrogen and oxygen atoms in total. The Morgan fingerprint density at radius 1 is 0.882 bits per heavy atom. The predicted octanol–water partition coefficient (Wildman–Crippen LogP) is 5.71. The highest BCUT2D eigenvalue weighted by Crippen LogP contribution is 2.36. The largest absolute Gasteiger partial charge is 0.205 e. The third-order valence-electron chi connectivity index (χ3n) is 2.68. The lowest BCUT2D eigenvalue weighted by atomic mass is 9.75. The Kier molecular flexibility index (Phi) is 4.81. The molecule has 98 valence electrons. The molecule has 0 saturated heterocycles. The van der Waals surface area contributed by atoms with E-state index in [9.17, 15) is 4.39 Å². The Balaban J connectivity index is 0.00000256. The first-order chi connectivity index (χ1) is 7.03. The summed E-state index contributed by atoms with van der Waals surface area (Å²) in [6.45, 7) is 12.6. The molecule has 0 amide bonds. The van der Waals surface area contributed by atoms with Gasteiger partial charge in [-0.2, -0.15) is 0 Å². The van der Waals surface area contributed by atoms with Crippen molar-refractivity contribution < 1.29 is 4.39 Å². The van der Waals surface area contributed by atoms with E-state index in [0.717, 1.165) is 11.1 Å². The van der Waals surface area contributed by atoms with Gasteiger partial charge in [0.15, 0.2) is 0 Å². The Bertz CT molecular complexity index is 356. The zero-order chi connectivity index (χ0) is 12.7. The third kappa shape index (κ3) is 3.70. The number of hydrogen-bond acceptors (Lipinski definition) is 0. The van der Waals surface area contributed by atoms with E-state index in [4.69, 9.17) is 11.6 Å². The maximum Gasteiger partial charge on any atom is 0.142 e. The topological polar surface area (TPSA) is 0 Å². The standard InChI is InChI=1S/C14H20ClF.CH4/c1-13(2,3)9-7-11(15)12(16)8-10(9)14(4,5)6;/h7-8H,1-6H3;1H4. The summed E-state index contributed by atoms with van der Waals surface area (Å²) in [7, 11) is 0. The molecule has 0 spiro atoms. The SMILES string of the molecule is C.CC(C)(C)c1cc(F)c(Cl)cc1C(C)(C)C. The Labute approximate surface area is 110 Å². The van der Waals surface area contributed by atoms with Crippen molar-refractivity contribution in [3.63, 3.8) is 0 Å². The first-order valence-electron chi connectivity index (χ1n) is 5.53. The van der Waals surface area contributed by atoms with Gasteiger partial charge in [-0.05, 0) is 34.1 Å². The lowest BCUT2D eigenvalue weighted by Gasteiger charge is -2.30. The van der Waals surface area contributed by atoms with Crippen LogP contribution in [0.1, 0.15) is 60.1 Å². The van der Waals surface area contributed by atoms with Crippen molar-refractivity contribution in [3.05, 3.63) is 34.1 Å². The summed E-state index contributed by atoms with van der Waals surface area (Å²) < 4.78 is 13.5. The van der Waals surface area contributed by atoms with E-state index < -0.39 is 0 Å². The van der Waals surface area contributed by atoms with Crippen LogP contribution in [0, 0.1) is 5.82 Å². The lowest BCUT2D eigenvalue weighted by molar-refractivity contribution is 0.521. The number of hydrogen-bond donors (Lipinski definition) is 0. The number of halogens is 2. The van der Waals surface area contributed by atoms with Crippen molar-refractivity contribution in [3.8, 4) is 0 Å². The average Bonchev–Trinajstić information content (AvgIpc) is 2.05. The summed E-state index contributed by atoms with van der Waals surface area (Å²) in [5.74, 6) is -0.334. The summed E-state index contributed by atoms with van der Waals surface area (Å²) in [4.78, 5) is 0. The van der Waals surface area contributed by atoms with Crippen LogP contribution < -0.4 is 0 Å². The summed E-state index contributed by atoms with van der Waals surface area (Å²) in [6, 6.07) is 3.33. The number of benzene rings is 1. The van der Waals surface area contributed by atoms with E-state index in [2.05, 4.69) is 41.5 Å². The zero-order valence-corrected chi connectivity index (χ0v) is 11.7. The van der Waals surface area contributed by atoms with Gasteiger partial charge in [-0.25, -0.2) is 4.39 Å². The van der Waals surface area contributed by atoms with Gasteiger partial charge in [-0.1, -0.05) is 60.6 Å². The van der Waals surface area contributed by atoms with Gasteiger partial charge in [0, 0.05) is 0 Å². The summed E-state index contributed by atoms with van der Waals surface area (Å²) in [5, 5.41) is 0.206. The molecule has 0 radical (unpaired) electrons. The fourth-order valence-corrected chi connectivity index (χ4v) is 1.95. The molecule has 0 aromatic heterocycles. The first-order valence-corrected chi connectivity index (χ1v) is 5.91. The van der Waals surface area contributed by atoms with Crippen LogP contribution in [0.3, 0.4) is 0 Å². The Hall–Kier alpha value is -0.560. The monoisotopic (exact) mass is 258 g/mol. The first kappa shape index (κ1) is 16.4. The van der Waals surface area contributed by atoms with Crippen LogP contribution in [0.5, 0.6) is 0 Å². The quantitative estimate of drug-likeness (QED) is 0.559. The van der Waals surface area contributed by atoms with Gasteiger partial charge < -0.3 is 0 Å². The van der Waals surface area contributed by atoms with E-state index in [0.29, 0.717) is 0 Å². The fourth-order valence-electron chi connectivity index (χ4n) is 1.79. The second-order valence-corrected chi connectivity index (χ2v) is 6.72. The van der Waals surface area contributed by atoms with Crippen molar-refractivity contribution >= 4 is 11.6 Å². The van der Waals surface area contributed by atoms with Crippen LogP contribution in [0.4, 0.5) is 4.39 Å². The number of rotatable bonds is 0. The maximum absolute atomic E-state index is 13.5. The van der Waals surface area contributed by atoms with Crippen LogP contribution in [0.2, 0.25) is 5.02 Å². The van der Waals surface area contributed by atoms with Gasteiger partial charge in [0.25, 0.3) is 0 Å². The molecular weight excluding hydrogens is 235 g/mol. The molecule has 0 atom stereocenters. The average molecular weight is 259 g/mol. The molecule has 1 rings (SSSR count). The lowest BCUT2D eigenvalue weighted by Crippen LogP contribution is -2.22. The van der Waals surface area contributed by atoms with Crippen LogP contribution in [-0.2, 0) is 10.8 Å². The van der Waals surface area contributed by atoms with E-state index in [-0.39, 0.29) is 29.1 Å². The van der Waals surface area contributed by atoms with E-state index >= 15 is 0 Å². The molecule has 17 heavy (non-hydrogen) atoms. The molecule has 1 aromatic rings. The summed E-state index contributed by atoms with van der Waals surface area (Å²) in [6.07, 6.45) is 0. The van der Waals surface area contributed by atoms with Gasteiger partial charge >= 0.3 is 0 Å². The van der Waals surface area contributed by atoms with Gasteiger partial charge in [0.2, 0.25) is 0 Å². The molecule has 0 bridgehead atoms. The molecule has 0 fully saturated rings. The molecule has 0 saturated carbocycles. The molecule has 0 heterocycles. The second-order valence-electron chi connectivity index (χ2n) is 6.31. The van der Waals surface area contributed by atoms with Crippen molar-refractivity contribution in [2.24, 2.45) is 0 Å². The highest BCUT2D eigenvalue weighted by Gasteiger charge is 2.26. The highest BCUT2D eigenvalue weighted by atomic mass is 35.5. The van der Waals surface area contributed by atoms with Gasteiger partial charge in [-0.15, -0.1) is 0 Å². The van der Waals surface area contributed by atoms with E-state index in [1.807, 2.05) is 0 Å². The molecule has 0 aliphatic rings. The van der Waals surface area contributed by atoms with E-state index in [1.54, 1.807) is 12.1 Å². The van der Waals surface area contributed by atoms with Gasteiger partial charge in [-0.3, -0.25) is 0 Å². The van der Waals surface area contributed by atoms with Crippen LogP contribution in [-0.4, -0.2) is 0 Å². The summed E-state index contributed by atoms with van der Waals surface area (Å²) in [5.41, 5.74) is 2.04. The molecule has 0 aliphatic heterocycles. The molecule has 0 aliphatic carbocycles. The molecule has 0 N–H and O–H groups in total. The van der Waals surface area contributed by atoms with Gasteiger partial charge in [0.05, 0.1) is 5.02 Å². The highest BCUT2D eigenvalue weighted by molar-refractivity contribution is 6.30. The van der Waals surface area contributed by atoms with Crippen molar-refractivity contribution in [2.75, 3.05) is 0 Å². The van der Waals surface area contributed by atoms with Crippen LogP contribution in [0.25, 0.3) is 0 Å². The molecule has 0 unspecified atom stereocenters. The molecule has 2 heteroatoms. The third-order valence-corrected chi connectivity index (χ3v) is 2.97.